The highest BCUT2D eigenvalue weighted by Crippen LogP contribution is 2.40. The summed E-state index contributed by atoms with van der Waals surface area (Å²) in [4.78, 5) is 11.6. The third-order valence-corrected chi connectivity index (χ3v) is 3.19. The highest BCUT2D eigenvalue weighted by atomic mass is 19.1. The van der Waals surface area contributed by atoms with Crippen molar-refractivity contribution in [2.75, 3.05) is 6.54 Å². The van der Waals surface area contributed by atoms with E-state index >= 15 is 0 Å². The Balaban J connectivity index is 1.70. The molecule has 3 nitrogen and oxygen atoms in total. The standard InChI is InChI=1S/C15H17FN2O/c1-2-3-4-9-17-15(19)18-14-10-13(14)11-5-7-12(16)8-6-11/h1,5-8,13-14H,3-4,9-10H2,(H2,17,18,19)/t13-,14+/m0/s1. The lowest BCUT2D eigenvalue weighted by atomic mass is 10.1. The van der Waals surface area contributed by atoms with Crippen LogP contribution >= 0.6 is 0 Å². The smallest absolute Gasteiger partial charge is 0.315 e. The average Bonchev–Trinajstić information content (AvgIpc) is 3.15. The molecule has 0 radical (unpaired) electrons. The van der Waals surface area contributed by atoms with E-state index in [4.69, 9.17) is 6.42 Å². The molecule has 2 amide bonds. The Morgan fingerprint density at radius 1 is 1.42 bits per heavy atom. The number of hydrogen-bond donors (Lipinski definition) is 2. The number of hydrogen-bond acceptors (Lipinski definition) is 1. The molecule has 2 N–H and O–H groups in total. The molecule has 0 unspecified atom stereocenters. The maximum Gasteiger partial charge on any atom is 0.315 e. The van der Waals surface area contributed by atoms with Gasteiger partial charge in [0.15, 0.2) is 0 Å². The Labute approximate surface area is 112 Å². The zero-order valence-corrected chi connectivity index (χ0v) is 10.7. The average molecular weight is 260 g/mol. The van der Waals surface area contributed by atoms with Crippen LogP contribution in [0.25, 0.3) is 0 Å². The van der Waals surface area contributed by atoms with Crippen molar-refractivity contribution in [3.8, 4) is 12.3 Å². The van der Waals surface area contributed by atoms with Crippen LogP contribution in [-0.4, -0.2) is 18.6 Å². The minimum atomic E-state index is -0.236. The zero-order chi connectivity index (χ0) is 13.7. The molecule has 2 atom stereocenters. The molecule has 0 saturated heterocycles. The van der Waals surface area contributed by atoms with Crippen molar-refractivity contribution in [3.05, 3.63) is 35.6 Å². The van der Waals surface area contributed by atoms with Crippen LogP contribution in [0.3, 0.4) is 0 Å². The Bertz CT molecular complexity index is 478. The van der Waals surface area contributed by atoms with Gasteiger partial charge in [-0.2, -0.15) is 0 Å². The van der Waals surface area contributed by atoms with Gasteiger partial charge in [-0.15, -0.1) is 12.3 Å². The summed E-state index contributed by atoms with van der Waals surface area (Å²) in [5.74, 6) is 2.59. The molecule has 0 aromatic heterocycles. The summed E-state index contributed by atoms with van der Waals surface area (Å²) in [6.07, 6.45) is 7.49. The van der Waals surface area contributed by atoms with Crippen molar-refractivity contribution < 1.29 is 9.18 Å². The van der Waals surface area contributed by atoms with Gasteiger partial charge in [0.2, 0.25) is 0 Å². The molecule has 1 aliphatic rings. The summed E-state index contributed by atoms with van der Waals surface area (Å²) in [5.41, 5.74) is 1.07. The number of urea groups is 1. The Morgan fingerprint density at radius 2 is 2.16 bits per heavy atom. The summed E-state index contributed by atoms with van der Waals surface area (Å²) in [7, 11) is 0. The predicted octanol–water partition coefficient (Wildman–Crippen LogP) is 2.39. The normalized spacial score (nSPS) is 20.4. The second-order valence-corrected chi connectivity index (χ2v) is 4.71. The number of unbranched alkanes of at least 4 members (excludes halogenated alkanes) is 1. The first-order valence-corrected chi connectivity index (χ1v) is 6.44. The number of halogens is 1. The van der Waals surface area contributed by atoms with E-state index in [1.54, 1.807) is 12.1 Å². The van der Waals surface area contributed by atoms with Gasteiger partial charge in [-0.3, -0.25) is 0 Å². The molecular formula is C15H17FN2O. The summed E-state index contributed by atoms with van der Waals surface area (Å²) >= 11 is 0. The van der Waals surface area contributed by atoms with Crippen LogP contribution in [0.15, 0.2) is 24.3 Å². The van der Waals surface area contributed by atoms with Gasteiger partial charge in [0.05, 0.1) is 0 Å². The number of terminal acetylenes is 1. The second kappa shape index (κ2) is 6.24. The summed E-state index contributed by atoms with van der Waals surface area (Å²) in [6.45, 7) is 0.587. The van der Waals surface area contributed by atoms with Gasteiger partial charge in [0.25, 0.3) is 0 Å². The molecule has 1 fully saturated rings. The number of amides is 2. The lowest BCUT2D eigenvalue weighted by Crippen LogP contribution is -2.37. The van der Waals surface area contributed by atoms with Crippen molar-refractivity contribution >= 4 is 6.03 Å². The summed E-state index contributed by atoms with van der Waals surface area (Å²) in [6, 6.07) is 6.43. The molecular weight excluding hydrogens is 243 g/mol. The van der Waals surface area contributed by atoms with E-state index in [0.29, 0.717) is 18.9 Å². The minimum absolute atomic E-state index is 0.151. The highest BCUT2D eigenvalue weighted by molar-refractivity contribution is 5.74. The van der Waals surface area contributed by atoms with Crippen molar-refractivity contribution in [3.63, 3.8) is 0 Å². The number of carbonyl (C=O) groups excluding carboxylic acids is 1. The molecule has 1 saturated carbocycles. The first-order valence-electron chi connectivity index (χ1n) is 6.44. The van der Waals surface area contributed by atoms with E-state index in [0.717, 1.165) is 18.4 Å². The zero-order valence-electron chi connectivity index (χ0n) is 10.7. The van der Waals surface area contributed by atoms with Gasteiger partial charge >= 0.3 is 6.03 Å². The van der Waals surface area contributed by atoms with Crippen LogP contribution in [0.5, 0.6) is 0 Å². The Morgan fingerprint density at radius 3 is 2.84 bits per heavy atom. The SMILES string of the molecule is C#CCCCNC(=O)N[C@@H]1C[C@H]1c1ccc(F)cc1. The van der Waals surface area contributed by atoms with Gasteiger partial charge in [-0.1, -0.05) is 12.1 Å². The molecule has 0 bridgehead atoms. The van der Waals surface area contributed by atoms with Crippen LogP contribution < -0.4 is 10.6 Å². The van der Waals surface area contributed by atoms with Crippen molar-refractivity contribution in [2.24, 2.45) is 0 Å². The number of carbonyl (C=O) groups is 1. The molecule has 1 aromatic rings. The molecule has 1 aliphatic carbocycles. The fourth-order valence-electron chi connectivity index (χ4n) is 2.04. The third kappa shape index (κ3) is 3.99. The van der Waals surface area contributed by atoms with E-state index in [2.05, 4.69) is 16.6 Å². The molecule has 0 aliphatic heterocycles. The van der Waals surface area contributed by atoms with Crippen molar-refractivity contribution in [1.29, 1.82) is 0 Å². The molecule has 1 aromatic carbocycles. The van der Waals surface area contributed by atoms with Gasteiger partial charge in [0, 0.05) is 24.9 Å². The number of nitrogens with one attached hydrogen (secondary N) is 2. The van der Waals surface area contributed by atoms with Crippen molar-refractivity contribution in [2.45, 2.75) is 31.2 Å². The quantitative estimate of drug-likeness (QED) is 0.619. The van der Waals surface area contributed by atoms with E-state index in [9.17, 15) is 9.18 Å². The van der Waals surface area contributed by atoms with Crippen LogP contribution in [0.4, 0.5) is 9.18 Å². The number of rotatable bonds is 5. The van der Waals surface area contributed by atoms with E-state index in [-0.39, 0.29) is 17.9 Å². The van der Waals surface area contributed by atoms with Gasteiger partial charge in [-0.25, -0.2) is 9.18 Å². The molecule has 0 heterocycles. The van der Waals surface area contributed by atoms with Crippen LogP contribution in [0, 0.1) is 18.2 Å². The lowest BCUT2D eigenvalue weighted by molar-refractivity contribution is 0.240. The Kier molecular flexibility index (Phi) is 4.40. The van der Waals surface area contributed by atoms with Gasteiger partial charge in [0.1, 0.15) is 5.82 Å². The topological polar surface area (TPSA) is 41.1 Å². The maximum atomic E-state index is 12.8. The van der Waals surface area contributed by atoms with Gasteiger partial charge < -0.3 is 10.6 Å². The predicted molar refractivity (Wildman–Crippen MR) is 72.1 cm³/mol. The molecule has 0 spiro atoms. The largest absolute Gasteiger partial charge is 0.338 e. The van der Waals surface area contributed by atoms with Crippen LogP contribution in [-0.2, 0) is 0 Å². The molecule has 4 heteroatoms. The van der Waals surface area contributed by atoms with Crippen molar-refractivity contribution in [1.82, 2.24) is 10.6 Å². The van der Waals surface area contributed by atoms with Gasteiger partial charge in [-0.05, 0) is 30.5 Å². The molecule has 100 valence electrons. The van der Waals surface area contributed by atoms with E-state index in [1.807, 2.05) is 0 Å². The second-order valence-electron chi connectivity index (χ2n) is 4.71. The fourth-order valence-corrected chi connectivity index (χ4v) is 2.04. The minimum Gasteiger partial charge on any atom is -0.338 e. The van der Waals surface area contributed by atoms with Crippen LogP contribution in [0.2, 0.25) is 0 Å². The van der Waals surface area contributed by atoms with Crippen LogP contribution in [0.1, 0.15) is 30.7 Å². The highest BCUT2D eigenvalue weighted by Gasteiger charge is 2.39. The first kappa shape index (κ1) is 13.4. The maximum absolute atomic E-state index is 12.8. The third-order valence-electron chi connectivity index (χ3n) is 3.19. The monoisotopic (exact) mass is 260 g/mol. The Hall–Kier alpha value is -2.02. The van der Waals surface area contributed by atoms with E-state index in [1.165, 1.54) is 12.1 Å². The summed E-state index contributed by atoms with van der Waals surface area (Å²) in [5, 5.41) is 5.66. The lowest BCUT2D eigenvalue weighted by Gasteiger charge is -2.06. The van der Waals surface area contributed by atoms with E-state index < -0.39 is 0 Å². The molecule has 2 rings (SSSR count). The summed E-state index contributed by atoms with van der Waals surface area (Å²) < 4.78 is 12.8. The molecule has 19 heavy (non-hydrogen) atoms. The fraction of sp³-hybridized carbons (Fsp3) is 0.400. The first-order chi connectivity index (χ1) is 9.20. The number of benzene rings is 1.